The van der Waals surface area contributed by atoms with E-state index in [1.54, 1.807) is 0 Å². The van der Waals surface area contributed by atoms with Crippen molar-refractivity contribution in [1.82, 2.24) is 48.9 Å². The quantitative estimate of drug-likeness (QED) is 0.125. The van der Waals surface area contributed by atoms with Gasteiger partial charge in [0.25, 0.3) is 5.56 Å². The standard InChI is InChI=1S/C21H21FN11O8PS/c22-8-11(34)6(39-19(8)33-16-9(29-30-33)15(23)25-4-26-16)3-38-42(37,43)41-14-7-12(35)13(7)40-20(14)32-5-27-10-17(32)28-21-24-1-2-31(21)18(10)36/h1-2,4-8,11-14,19-20,34-35H,3H2,(H,24,28)(H,37,43)(H2,23,25,26)/t6-,7?,8+,11-,12?,13+,14?,19-,20-,42?/m1/s1. The molecule has 10 atom stereocenters. The molecule has 0 aromatic carbocycles. The summed E-state index contributed by atoms with van der Waals surface area (Å²) in [6.45, 7) is -4.66. The monoisotopic (exact) mass is 637 g/mol. The van der Waals surface area contributed by atoms with Crippen molar-refractivity contribution in [2.45, 2.75) is 49.1 Å². The van der Waals surface area contributed by atoms with Crippen molar-refractivity contribution in [3.05, 3.63) is 35.4 Å². The molecule has 0 amide bonds. The van der Waals surface area contributed by atoms with Gasteiger partial charge in [-0.3, -0.25) is 9.36 Å². The van der Waals surface area contributed by atoms with E-state index in [2.05, 4.69) is 35.2 Å². The topological polar surface area (TPSA) is 248 Å². The second kappa shape index (κ2) is 9.48. The molecular formula is C21H21FN11O8PS. The fourth-order valence-electron chi connectivity index (χ4n) is 5.57. The first-order valence-electron chi connectivity index (χ1n) is 12.8. The number of nitrogen functional groups attached to an aromatic ring is 1. The van der Waals surface area contributed by atoms with Crippen LogP contribution in [0.25, 0.3) is 28.1 Å². The Bertz CT molecular complexity index is 2000. The number of halogens is 1. The minimum Gasteiger partial charge on any atom is -0.390 e. The summed E-state index contributed by atoms with van der Waals surface area (Å²) in [7, 11) is 0. The number of aliphatic hydroxyl groups is 2. The fraction of sp³-hybridized carbons (Fsp3) is 0.476. The van der Waals surface area contributed by atoms with Gasteiger partial charge < -0.3 is 44.3 Å². The van der Waals surface area contributed by atoms with Gasteiger partial charge in [-0.2, -0.15) is 4.68 Å². The van der Waals surface area contributed by atoms with Crippen molar-refractivity contribution < 1.29 is 38.0 Å². The number of anilines is 1. The molecule has 22 heteroatoms. The second-order valence-electron chi connectivity index (χ2n) is 10.3. The summed E-state index contributed by atoms with van der Waals surface area (Å²) >= 11 is 5.23. The molecule has 3 aliphatic rings. The normalized spacial score (nSPS) is 33.4. The maximum Gasteiger partial charge on any atom is 0.325 e. The van der Waals surface area contributed by atoms with Gasteiger partial charge in [0.05, 0.1) is 25.1 Å². The lowest BCUT2D eigenvalue weighted by Gasteiger charge is -2.28. The summed E-state index contributed by atoms with van der Waals surface area (Å²) in [5.41, 5.74) is 5.96. The van der Waals surface area contributed by atoms with Crippen LogP contribution in [0.2, 0.25) is 0 Å². The van der Waals surface area contributed by atoms with E-state index in [4.69, 9.17) is 36.1 Å². The lowest BCUT2D eigenvalue weighted by Crippen LogP contribution is -2.32. The molecule has 43 heavy (non-hydrogen) atoms. The highest BCUT2D eigenvalue weighted by molar-refractivity contribution is 8.07. The highest BCUT2D eigenvalue weighted by Gasteiger charge is 2.66. The molecule has 6 N–H and O–H groups in total. The third-order valence-electron chi connectivity index (χ3n) is 7.77. The molecule has 0 spiro atoms. The van der Waals surface area contributed by atoms with Gasteiger partial charge in [0.1, 0.15) is 30.3 Å². The molecule has 5 aromatic rings. The van der Waals surface area contributed by atoms with E-state index in [1.165, 1.54) is 27.7 Å². The minimum atomic E-state index is -4.11. The molecule has 0 radical (unpaired) electrons. The largest absolute Gasteiger partial charge is 0.390 e. The van der Waals surface area contributed by atoms with Crippen molar-refractivity contribution in [3.8, 4) is 0 Å². The van der Waals surface area contributed by atoms with Gasteiger partial charge in [-0.15, -0.1) is 5.10 Å². The predicted molar refractivity (Wildman–Crippen MR) is 142 cm³/mol. The van der Waals surface area contributed by atoms with E-state index < -0.39 is 73.9 Å². The van der Waals surface area contributed by atoms with Crippen molar-refractivity contribution in [3.63, 3.8) is 0 Å². The molecule has 0 bridgehead atoms. The van der Waals surface area contributed by atoms with Crippen LogP contribution in [0.4, 0.5) is 10.2 Å². The van der Waals surface area contributed by atoms with Crippen LogP contribution in [-0.4, -0.2) is 107 Å². The van der Waals surface area contributed by atoms with Crippen LogP contribution in [-0.2, 0) is 30.3 Å². The highest BCUT2D eigenvalue weighted by Crippen LogP contribution is 2.58. The Morgan fingerprint density at radius 2 is 2.00 bits per heavy atom. The number of aliphatic hydroxyl groups excluding tert-OH is 2. The lowest BCUT2D eigenvalue weighted by molar-refractivity contribution is -0.0697. The average molecular weight is 638 g/mol. The van der Waals surface area contributed by atoms with Crippen LogP contribution in [0.1, 0.15) is 12.5 Å². The molecule has 1 saturated carbocycles. The van der Waals surface area contributed by atoms with Crippen LogP contribution in [0.15, 0.2) is 29.8 Å². The second-order valence-corrected chi connectivity index (χ2v) is 13.0. The predicted octanol–water partition coefficient (Wildman–Crippen LogP) is -1.71. The number of aromatic nitrogens is 10. The number of hydrogen-bond acceptors (Lipinski definition) is 15. The van der Waals surface area contributed by atoms with E-state index in [9.17, 15) is 19.9 Å². The molecule has 226 valence electrons. The van der Waals surface area contributed by atoms with Crippen LogP contribution in [0.3, 0.4) is 0 Å². The Balaban J connectivity index is 1.00. The minimum absolute atomic E-state index is 0.0327. The Kier molecular flexibility index (Phi) is 5.97. The van der Waals surface area contributed by atoms with E-state index in [0.717, 1.165) is 11.0 Å². The Morgan fingerprint density at radius 1 is 1.16 bits per heavy atom. The number of aromatic amines is 1. The number of nitrogens with one attached hydrogen (secondary N) is 1. The van der Waals surface area contributed by atoms with Crippen LogP contribution in [0.5, 0.6) is 0 Å². The molecule has 3 fully saturated rings. The van der Waals surface area contributed by atoms with E-state index in [1.807, 2.05) is 0 Å². The van der Waals surface area contributed by atoms with Crippen LogP contribution in [0, 0.1) is 5.92 Å². The average Bonchev–Trinajstić information content (AvgIpc) is 3.62. The lowest BCUT2D eigenvalue weighted by atomic mass is 10.1. The van der Waals surface area contributed by atoms with E-state index >= 15 is 4.39 Å². The van der Waals surface area contributed by atoms with E-state index in [-0.39, 0.29) is 33.9 Å². The molecular weight excluding hydrogens is 616 g/mol. The molecule has 2 aliphatic heterocycles. The zero-order valence-corrected chi connectivity index (χ0v) is 23.1. The third kappa shape index (κ3) is 4.12. The van der Waals surface area contributed by atoms with Gasteiger partial charge in [-0.1, -0.05) is 5.21 Å². The highest BCUT2D eigenvalue weighted by atomic mass is 32.5. The van der Waals surface area contributed by atoms with Crippen molar-refractivity contribution in [2.24, 2.45) is 5.92 Å². The Morgan fingerprint density at radius 3 is 2.84 bits per heavy atom. The van der Waals surface area contributed by atoms with Gasteiger partial charge in [0, 0.05) is 18.3 Å². The van der Waals surface area contributed by atoms with Gasteiger partial charge in [0.2, 0.25) is 5.78 Å². The molecule has 4 unspecified atom stereocenters. The summed E-state index contributed by atoms with van der Waals surface area (Å²) in [6.07, 6.45) is -4.41. The SMILES string of the molecule is Nc1ncnc2c1nnn2[C@@H]1O[C@H](COP(O)(=S)OC2C3C(O)[C@H]3O[C@H]2n2cnc3c(=O)n4ccnc4[nH]c32)[C@@H](O)[C@@H]1F. The Hall–Kier alpha value is -3.53. The van der Waals surface area contributed by atoms with E-state index in [0.29, 0.717) is 0 Å². The number of nitrogens with zero attached hydrogens (tertiary/aromatic N) is 9. The number of ether oxygens (including phenoxy) is 2. The zero-order valence-electron chi connectivity index (χ0n) is 21.4. The number of nitrogens with two attached hydrogens (primary N) is 1. The summed E-state index contributed by atoms with van der Waals surface area (Å²) < 4.78 is 41.8. The van der Waals surface area contributed by atoms with Crippen molar-refractivity contribution in [1.29, 1.82) is 0 Å². The first-order valence-corrected chi connectivity index (χ1v) is 15.4. The van der Waals surface area contributed by atoms with Gasteiger partial charge >= 0.3 is 6.72 Å². The summed E-state index contributed by atoms with van der Waals surface area (Å²) in [5, 5.41) is 28.5. The van der Waals surface area contributed by atoms with Crippen LogP contribution >= 0.6 is 6.72 Å². The van der Waals surface area contributed by atoms with Gasteiger partial charge in [-0.25, -0.2) is 28.7 Å². The first-order chi connectivity index (χ1) is 20.6. The number of fused-ring (bicyclic) bond motifs is 4. The number of rotatable bonds is 7. The number of H-pyrrole nitrogens is 1. The molecule has 7 heterocycles. The maximum atomic E-state index is 15.1. The van der Waals surface area contributed by atoms with Gasteiger partial charge in [-0.05, 0) is 11.8 Å². The molecule has 19 nitrogen and oxygen atoms in total. The Labute approximate surface area is 242 Å². The number of hydrogen-bond donors (Lipinski definition) is 5. The maximum absolute atomic E-state index is 15.1. The first kappa shape index (κ1) is 27.0. The van der Waals surface area contributed by atoms with Crippen LogP contribution < -0.4 is 11.3 Å². The zero-order chi connectivity index (χ0) is 29.8. The number of imidazole rings is 2. The molecule has 8 rings (SSSR count). The third-order valence-corrected chi connectivity index (χ3v) is 9.33. The fourth-order valence-corrected chi connectivity index (χ4v) is 7.00. The summed E-state index contributed by atoms with van der Waals surface area (Å²) in [4.78, 5) is 42.9. The smallest absolute Gasteiger partial charge is 0.325 e. The molecule has 1 aliphatic carbocycles. The van der Waals surface area contributed by atoms with Crippen molar-refractivity contribution in [2.75, 3.05) is 12.3 Å². The molecule has 5 aromatic heterocycles. The number of alkyl halides is 1. The summed E-state index contributed by atoms with van der Waals surface area (Å²) in [6, 6.07) is 0. The van der Waals surface area contributed by atoms with Gasteiger partial charge in [0.15, 0.2) is 41.1 Å². The summed E-state index contributed by atoms with van der Waals surface area (Å²) in [5.74, 6) is -0.263. The molecule has 2 saturated heterocycles. The van der Waals surface area contributed by atoms with Crippen molar-refractivity contribution >= 4 is 52.4 Å².